The van der Waals surface area contributed by atoms with Crippen molar-refractivity contribution in [2.75, 3.05) is 18.5 Å². The molecule has 0 aliphatic rings. The number of rotatable bonds is 5. The zero-order chi connectivity index (χ0) is 13.7. The molecule has 2 heterocycles. The van der Waals surface area contributed by atoms with Gasteiger partial charge in [-0.3, -0.25) is 4.79 Å². The van der Waals surface area contributed by atoms with Crippen molar-refractivity contribution in [3.8, 4) is 0 Å². The second-order valence-corrected chi connectivity index (χ2v) is 4.27. The molecule has 0 unspecified atom stereocenters. The molecule has 19 heavy (non-hydrogen) atoms. The molecular formula is C13H17N5O. The van der Waals surface area contributed by atoms with Gasteiger partial charge in [-0.25, -0.2) is 15.0 Å². The van der Waals surface area contributed by atoms with Gasteiger partial charge in [0.05, 0.1) is 0 Å². The maximum atomic E-state index is 11.2. The van der Waals surface area contributed by atoms with Crippen molar-refractivity contribution in [2.45, 2.75) is 19.8 Å². The molecule has 100 valence electrons. The van der Waals surface area contributed by atoms with Crippen LogP contribution in [0.5, 0.6) is 0 Å². The van der Waals surface area contributed by atoms with E-state index in [1.807, 2.05) is 18.0 Å². The minimum Gasteiger partial charge on any atom is -0.359 e. The van der Waals surface area contributed by atoms with Crippen LogP contribution in [0.1, 0.15) is 18.4 Å². The van der Waals surface area contributed by atoms with Crippen LogP contribution < -0.4 is 10.5 Å². The van der Waals surface area contributed by atoms with Gasteiger partial charge in [-0.05, 0) is 6.42 Å². The SMILES string of the molecule is CCc1cc(N(C)CCc2nccc(=O)[nH]2)ncn1. The van der Waals surface area contributed by atoms with E-state index in [0.717, 1.165) is 24.5 Å². The summed E-state index contributed by atoms with van der Waals surface area (Å²) >= 11 is 0. The topological polar surface area (TPSA) is 74.8 Å². The van der Waals surface area contributed by atoms with Gasteiger partial charge < -0.3 is 9.88 Å². The normalized spacial score (nSPS) is 10.4. The Morgan fingerprint density at radius 2 is 2.16 bits per heavy atom. The summed E-state index contributed by atoms with van der Waals surface area (Å²) in [7, 11) is 1.96. The molecule has 6 heteroatoms. The van der Waals surface area contributed by atoms with Crippen molar-refractivity contribution in [2.24, 2.45) is 0 Å². The van der Waals surface area contributed by atoms with E-state index in [9.17, 15) is 4.79 Å². The van der Waals surface area contributed by atoms with Crippen molar-refractivity contribution in [1.29, 1.82) is 0 Å². The lowest BCUT2D eigenvalue weighted by molar-refractivity contribution is 0.798. The van der Waals surface area contributed by atoms with E-state index < -0.39 is 0 Å². The number of aromatic amines is 1. The summed E-state index contributed by atoms with van der Waals surface area (Å²) < 4.78 is 0. The van der Waals surface area contributed by atoms with Gasteiger partial charge in [-0.2, -0.15) is 0 Å². The van der Waals surface area contributed by atoms with Crippen molar-refractivity contribution in [1.82, 2.24) is 19.9 Å². The molecule has 0 bridgehead atoms. The van der Waals surface area contributed by atoms with Crippen molar-refractivity contribution >= 4 is 5.82 Å². The van der Waals surface area contributed by atoms with Crippen LogP contribution in [0.25, 0.3) is 0 Å². The lowest BCUT2D eigenvalue weighted by Gasteiger charge is -2.17. The molecular weight excluding hydrogens is 242 g/mol. The minimum absolute atomic E-state index is 0.122. The van der Waals surface area contributed by atoms with Crippen LogP contribution in [-0.2, 0) is 12.8 Å². The van der Waals surface area contributed by atoms with E-state index in [0.29, 0.717) is 12.2 Å². The lowest BCUT2D eigenvalue weighted by Crippen LogP contribution is -2.23. The number of hydrogen-bond acceptors (Lipinski definition) is 5. The fraction of sp³-hybridized carbons (Fsp3) is 0.385. The smallest absolute Gasteiger partial charge is 0.250 e. The van der Waals surface area contributed by atoms with Crippen LogP contribution in [0, 0.1) is 0 Å². The number of nitrogens with zero attached hydrogens (tertiary/aromatic N) is 4. The second-order valence-electron chi connectivity index (χ2n) is 4.27. The molecule has 0 saturated heterocycles. The zero-order valence-corrected chi connectivity index (χ0v) is 11.1. The highest BCUT2D eigenvalue weighted by atomic mass is 16.1. The molecule has 6 nitrogen and oxygen atoms in total. The van der Waals surface area contributed by atoms with E-state index >= 15 is 0 Å². The number of hydrogen-bond donors (Lipinski definition) is 1. The third-order valence-corrected chi connectivity index (χ3v) is 2.87. The predicted octanol–water partition coefficient (Wildman–Crippen LogP) is 0.801. The molecule has 0 aliphatic carbocycles. The number of H-pyrrole nitrogens is 1. The van der Waals surface area contributed by atoms with Gasteiger partial charge in [0.15, 0.2) is 0 Å². The van der Waals surface area contributed by atoms with Crippen LogP contribution in [0.4, 0.5) is 5.82 Å². The van der Waals surface area contributed by atoms with Gasteiger partial charge in [0.1, 0.15) is 18.0 Å². The summed E-state index contributed by atoms with van der Waals surface area (Å²) in [5, 5.41) is 0. The van der Waals surface area contributed by atoms with Crippen LogP contribution in [-0.4, -0.2) is 33.5 Å². The number of nitrogens with one attached hydrogen (secondary N) is 1. The Labute approximate surface area is 111 Å². The molecule has 2 rings (SSSR count). The molecule has 0 atom stereocenters. The Balaban J connectivity index is 2.00. The standard InChI is InChI=1S/C13H17N5O/c1-3-10-8-12(16-9-15-10)18(2)7-5-11-14-6-4-13(19)17-11/h4,6,8-9H,3,5,7H2,1-2H3,(H,14,17,19). The molecule has 0 amide bonds. The summed E-state index contributed by atoms with van der Waals surface area (Å²) in [4.78, 5) is 28.4. The summed E-state index contributed by atoms with van der Waals surface area (Å²) in [5.41, 5.74) is 0.894. The van der Waals surface area contributed by atoms with Crippen molar-refractivity contribution in [3.63, 3.8) is 0 Å². The Kier molecular flexibility index (Phi) is 4.22. The first-order valence-corrected chi connectivity index (χ1v) is 6.25. The Morgan fingerprint density at radius 3 is 2.89 bits per heavy atom. The molecule has 2 aromatic rings. The second kappa shape index (κ2) is 6.08. The van der Waals surface area contributed by atoms with Crippen molar-refractivity contribution < 1.29 is 0 Å². The first-order chi connectivity index (χ1) is 9.19. The average Bonchev–Trinajstić information content (AvgIpc) is 2.45. The summed E-state index contributed by atoms with van der Waals surface area (Å²) in [6.45, 7) is 2.79. The lowest BCUT2D eigenvalue weighted by atomic mass is 10.3. The van der Waals surface area contributed by atoms with Gasteiger partial charge in [0, 0.05) is 44.0 Å². The summed E-state index contributed by atoms with van der Waals surface area (Å²) in [6.07, 6.45) is 4.65. The van der Waals surface area contributed by atoms with Crippen LogP contribution in [0.15, 0.2) is 29.5 Å². The van der Waals surface area contributed by atoms with Crippen LogP contribution in [0.2, 0.25) is 0 Å². The number of aryl methyl sites for hydroxylation is 1. The van der Waals surface area contributed by atoms with Gasteiger partial charge in [-0.1, -0.05) is 6.92 Å². The van der Waals surface area contributed by atoms with Crippen molar-refractivity contribution in [3.05, 3.63) is 46.5 Å². The predicted molar refractivity (Wildman–Crippen MR) is 73.2 cm³/mol. The van der Waals surface area contributed by atoms with Gasteiger partial charge >= 0.3 is 0 Å². The maximum absolute atomic E-state index is 11.2. The Morgan fingerprint density at radius 1 is 1.32 bits per heavy atom. The van der Waals surface area contributed by atoms with Crippen LogP contribution >= 0.6 is 0 Å². The zero-order valence-electron chi connectivity index (χ0n) is 11.1. The molecule has 0 aromatic carbocycles. The maximum Gasteiger partial charge on any atom is 0.250 e. The Bertz CT molecular complexity index is 595. The first-order valence-electron chi connectivity index (χ1n) is 6.25. The molecule has 0 saturated carbocycles. The third-order valence-electron chi connectivity index (χ3n) is 2.87. The van der Waals surface area contributed by atoms with E-state index in [2.05, 4.69) is 26.9 Å². The number of aromatic nitrogens is 4. The average molecular weight is 259 g/mol. The summed E-state index contributed by atoms with van der Waals surface area (Å²) in [6, 6.07) is 3.38. The fourth-order valence-corrected chi connectivity index (χ4v) is 1.71. The Hall–Kier alpha value is -2.24. The molecule has 0 fully saturated rings. The minimum atomic E-state index is -0.122. The highest BCUT2D eigenvalue weighted by Gasteiger charge is 2.05. The largest absolute Gasteiger partial charge is 0.359 e. The first kappa shape index (κ1) is 13.2. The van der Waals surface area contributed by atoms with E-state index in [-0.39, 0.29) is 5.56 Å². The highest BCUT2D eigenvalue weighted by Crippen LogP contribution is 2.09. The molecule has 2 aromatic heterocycles. The molecule has 0 aliphatic heterocycles. The highest BCUT2D eigenvalue weighted by molar-refractivity contribution is 5.37. The molecule has 0 spiro atoms. The third kappa shape index (κ3) is 3.61. The number of likely N-dealkylation sites (N-methyl/N-ethyl adjacent to an activating group) is 1. The fourth-order valence-electron chi connectivity index (χ4n) is 1.71. The van der Waals surface area contributed by atoms with Gasteiger partial charge in [0.2, 0.25) is 0 Å². The van der Waals surface area contributed by atoms with Gasteiger partial charge in [0.25, 0.3) is 5.56 Å². The monoisotopic (exact) mass is 259 g/mol. The number of anilines is 1. The summed E-state index contributed by atoms with van der Waals surface area (Å²) in [5.74, 6) is 1.56. The molecule has 1 N–H and O–H groups in total. The van der Waals surface area contributed by atoms with Gasteiger partial charge in [-0.15, -0.1) is 0 Å². The van der Waals surface area contributed by atoms with Crippen LogP contribution in [0.3, 0.4) is 0 Å². The van der Waals surface area contributed by atoms with E-state index in [4.69, 9.17) is 0 Å². The molecule has 0 radical (unpaired) electrons. The van der Waals surface area contributed by atoms with E-state index in [1.165, 1.54) is 12.3 Å². The van der Waals surface area contributed by atoms with E-state index in [1.54, 1.807) is 6.33 Å². The quantitative estimate of drug-likeness (QED) is 0.859.